The van der Waals surface area contributed by atoms with Gasteiger partial charge in [-0.25, -0.2) is 4.89 Å². The lowest BCUT2D eigenvalue weighted by molar-refractivity contribution is 0.272. The molecule has 0 amide bonds. The molecule has 2 nitrogen and oxygen atoms in total. The van der Waals surface area contributed by atoms with Crippen molar-refractivity contribution in [2.75, 3.05) is 18.7 Å². The van der Waals surface area contributed by atoms with Crippen LogP contribution in [0.5, 0.6) is 0 Å². The van der Waals surface area contributed by atoms with E-state index >= 15 is 0 Å². The fourth-order valence-corrected chi connectivity index (χ4v) is 4.31. The summed E-state index contributed by atoms with van der Waals surface area (Å²) in [5, 5.41) is 0. The van der Waals surface area contributed by atoms with E-state index in [1.165, 1.54) is 5.57 Å². The third kappa shape index (κ3) is 8.35. The Labute approximate surface area is 125 Å². The van der Waals surface area contributed by atoms with Crippen molar-refractivity contribution in [2.24, 2.45) is 0 Å². The molecule has 0 bridgehead atoms. The monoisotopic (exact) mass is 297 g/mol. The molecule has 0 spiro atoms. The van der Waals surface area contributed by atoms with Crippen LogP contribution in [0.3, 0.4) is 0 Å². The third-order valence-electron chi connectivity index (χ3n) is 3.19. The van der Waals surface area contributed by atoms with Gasteiger partial charge in [0.2, 0.25) is 6.35 Å². The molecule has 3 heteroatoms. The number of hydrogen-bond acceptors (Lipinski definition) is 2. The lowest BCUT2D eigenvalue weighted by Crippen LogP contribution is -2.10. The Hall–Kier alpha value is -0.850. The molecule has 0 aromatic rings. The van der Waals surface area contributed by atoms with Gasteiger partial charge in [-0.2, -0.15) is 0 Å². The van der Waals surface area contributed by atoms with E-state index in [1.54, 1.807) is 6.08 Å². The summed E-state index contributed by atoms with van der Waals surface area (Å²) in [6.07, 6.45) is 11.6. The fraction of sp³-hybridized carbons (Fsp3) is 0.529. The highest BCUT2D eigenvalue weighted by molar-refractivity contribution is 7.70. The topological polar surface area (TPSA) is 29.5 Å². The zero-order chi connectivity index (χ0) is 15.4. The fourth-order valence-electron chi connectivity index (χ4n) is 1.84. The highest BCUT2D eigenvalue weighted by Gasteiger charge is 2.35. The van der Waals surface area contributed by atoms with E-state index in [-0.39, 0.29) is 0 Å². The van der Waals surface area contributed by atoms with E-state index in [0.29, 0.717) is 12.1 Å². The minimum Gasteiger partial charge on any atom is -0.457 e. The second-order valence-corrected chi connectivity index (χ2v) is 8.32. The number of rotatable bonds is 12. The van der Waals surface area contributed by atoms with Crippen molar-refractivity contribution in [3.05, 3.63) is 49.3 Å². The molecular weight excluding hydrogens is 267 g/mol. The molecule has 0 aliphatic heterocycles. The summed E-state index contributed by atoms with van der Waals surface area (Å²) in [6.45, 7) is 15.4. The van der Waals surface area contributed by atoms with Gasteiger partial charge in [-0.05, 0) is 24.5 Å². The molecule has 114 valence electrons. The molecule has 0 aliphatic carbocycles. The molecule has 0 saturated heterocycles. The first kappa shape index (κ1) is 19.1. The van der Waals surface area contributed by atoms with Crippen LogP contribution < -0.4 is 0 Å². The van der Waals surface area contributed by atoms with Crippen LogP contribution in [-0.2, 0) is 4.74 Å². The van der Waals surface area contributed by atoms with E-state index in [0.717, 1.165) is 38.0 Å². The molecule has 1 N–H and O–H groups in total. The van der Waals surface area contributed by atoms with Gasteiger partial charge in [0.1, 0.15) is 5.76 Å². The van der Waals surface area contributed by atoms with Crippen LogP contribution in [0.2, 0.25) is 0 Å². The molecule has 0 aromatic heterocycles. The van der Waals surface area contributed by atoms with Gasteiger partial charge in [0.15, 0.2) is 7.49 Å². The Bertz CT molecular complexity index is 347. The van der Waals surface area contributed by atoms with Crippen molar-refractivity contribution in [1.29, 1.82) is 0 Å². The van der Waals surface area contributed by atoms with Crippen LogP contribution in [0.1, 0.15) is 39.5 Å². The molecule has 20 heavy (non-hydrogen) atoms. The van der Waals surface area contributed by atoms with Crippen molar-refractivity contribution >= 4 is 7.49 Å². The van der Waals surface area contributed by atoms with Gasteiger partial charge in [-0.15, -0.1) is 0 Å². The van der Waals surface area contributed by atoms with Crippen molar-refractivity contribution in [3.8, 4) is 0 Å². The van der Waals surface area contributed by atoms with Crippen molar-refractivity contribution < 1.29 is 9.63 Å². The Morgan fingerprint density at radius 2 is 1.90 bits per heavy atom. The molecular formula is C17H30O2P+. The average Bonchev–Trinajstić information content (AvgIpc) is 2.47. The molecule has 1 atom stereocenters. The van der Waals surface area contributed by atoms with Gasteiger partial charge in [0.25, 0.3) is 0 Å². The van der Waals surface area contributed by atoms with Crippen LogP contribution in [0.15, 0.2) is 49.3 Å². The minimum atomic E-state index is -2.06. The maximum absolute atomic E-state index is 10.8. The van der Waals surface area contributed by atoms with Gasteiger partial charge < -0.3 is 4.74 Å². The standard InChI is InChI=1S/C17H30O2P/c1-6-10-13-20(18,15-19-16(5)8-3)14-12-17(9-4)11-7-2/h8-9,11,18H,3-7,10,12-15H2,1-2H3/q+1/b17-11+. The smallest absolute Gasteiger partial charge is 0.222 e. The lowest BCUT2D eigenvalue weighted by Gasteiger charge is -2.20. The predicted molar refractivity (Wildman–Crippen MR) is 92.3 cm³/mol. The van der Waals surface area contributed by atoms with Crippen LogP contribution in [-0.4, -0.2) is 23.6 Å². The lowest BCUT2D eigenvalue weighted by atomic mass is 10.2. The average molecular weight is 297 g/mol. The minimum absolute atomic E-state index is 0.383. The molecule has 1 unspecified atom stereocenters. The van der Waals surface area contributed by atoms with Crippen LogP contribution in [0.4, 0.5) is 0 Å². The van der Waals surface area contributed by atoms with E-state index in [4.69, 9.17) is 4.74 Å². The number of unbranched alkanes of at least 4 members (excludes halogenated alkanes) is 1. The van der Waals surface area contributed by atoms with Crippen molar-refractivity contribution in [2.45, 2.75) is 39.5 Å². The summed E-state index contributed by atoms with van der Waals surface area (Å²) in [6, 6.07) is 0. The van der Waals surface area contributed by atoms with E-state index < -0.39 is 7.49 Å². The summed E-state index contributed by atoms with van der Waals surface area (Å²) in [4.78, 5) is 10.8. The summed E-state index contributed by atoms with van der Waals surface area (Å²) in [5.74, 6) is 0.535. The van der Waals surface area contributed by atoms with Gasteiger partial charge >= 0.3 is 0 Å². The third-order valence-corrected chi connectivity index (χ3v) is 6.01. The first-order valence-corrected chi connectivity index (χ1v) is 9.65. The number of allylic oxidation sites excluding steroid dienone is 4. The second kappa shape index (κ2) is 10.9. The number of hydrogen-bond donors (Lipinski definition) is 1. The maximum atomic E-state index is 10.8. The predicted octanol–water partition coefficient (Wildman–Crippen LogP) is 5.30. The maximum Gasteiger partial charge on any atom is 0.222 e. The molecule has 0 heterocycles. The van der Waals surface area contributed by atoms with Crippen molar-refractivity contribution in [3.63, 3.8) is 0 Å². The van der Waals surface area contributed by atoms with Gasteiger partial charge in [-0.1, -0.05) is 52.2 Å². The quantitative estimate of drug-likeness (QED) is 0.301. The Morgan fingerprint density at radius 3 is 2.40 bits per heavy atom. The molecule has 0 rings (SSSR count). The summed E-state index contributed by atoms with van der Waals surface area (Å²) < 4.78 is 5.52. The Morgan fingerprint density at radius 1 is 1.20 bits per heavy atom. The summed E-state index contributed by atoms with van der Waals surface area (Å²) >= 11 is 0. The summed E-state index contributed by atoms with van der Waals surface area (Å²) in [7, 11) is -2.06. The van der Waals surface area contributed by atoms with Crippen molar-refractivity contribution in [1.82, 2.24) is 0 Å². The molecule has 0 saturated carbocycles. The van der Waals surface area contributed by atoms with Gasteiger partial charge in [0.05, 0.1) is 12.3 Å². The molecule has 0 aromatic carbocycles. The summed E-state index contributed by atoms with van der Waals surface area (Å²) in [5.41, 5.74) is 1.21. The second-order valence-electron chi connectivity index (χ2n) is 4.98. The SMILES string of the molecule is C=CC(=C)OC[P+](O)(CCCC)CC/C(C=C)=C/CC. The first-order valence-electron chi connectivity index (χ1n) is 7.35. The van der Waals surface area contributed by atoms with Gasteiger partial charge in [0, 0.05) is 6.42 Å². The first-order chi connectivity index (χ1) is 9.51. The van der Waals surface area contributed by atoms with E-state index in [9.17, 15) is 4.89 Å². The highest BCUT2D eigenvalue weighted by atomic mass is 31.2. The highest BCUT2D eigenvalue weighted by Crippen LogP contribution is 2.56. The largest absolute Gasteiger partial charge is 0.457 e. The van der Waals surface area contributed by atoms with Crippen LogP contribution in [0.25, 0.3) is 0 Å². The number of ether oxygens (including phenoxy) is 1. The molecule has 0 radical (unpaired) electrons. The molecule has 0 fully saturated rings. The van der Waals surface area contributed by atoms with Crippen LogP contribution >= 0.6 is 7.49 Å². The Kier molecular flexibility index (Phi) is 10.4. The molecule has 0 aliphatic rings. The normalized spacial score (nSPS) is 14.4. The zero-order valence-corrected chi connectivity index (χ0v) is 14.0. The van der Waals surface area contributed by atoms with Gasteiger partial charge in [-0.3, -0.25) is 0 Å². The van der Waals surface area contributed by atoms with E-state index in [2.05, 4.69) is 39.7 Å². The Balaban J connectivity index is 4.58. The van der Waals surface area contributed by atoms with Crippen LogP contribution in [0, 0.1) is 0 Å². The van der Waals surface area contributed by atoms with E-state index in [1.807, 2.05) is 6.08 Å². The zero-order valence-electron chi connectivity index (χ0n) is 13.1.